The molecule has 2 aromatic heterocycles. The molecule has 28 heavy (non-hydrogen) atoms. The minimum atomic E-state index is 0.209. The highest BCUT2D eigenvalue weighted by Gasteiger charge is 2.24. The van der Waals surface area contributed by atoms with E-state index in [1.807, 2.05) is 18.3 Å². The van der Waals surface area contributed by atoms with E-state index in [2.05, 4.69) is 14.9 Å². The number of phenols is 1. The fraction of sp³-hybridized carbons (Fsp3) is 0.450. The minimum Gasteiger partial charge on any atom is -0.508 e. The molecule has 5 rings (SSSR count). The SMILES string of the molecule is Oc1cccc(-c2nc(N3CCOCC3)c3cnn(C4CCNCC4)c3n2)c1. The van der Waals surface area contributed by atoms with Gasteiger partial charge in [-0.1, -0.05) is 12.1 Å². The van der Waals surface area contributed by atoms with E-state index in [1.165, 1.54) is 0 Å². The Morgan fingerprint density at radius 1 is 1.11 bits per heavy atom. The summed E-state index contributed by atoms with van der Waals surface area (Å²) in [7, 11) is 0. The van der Waals surface area contributed by atoms with E-state index >= 15 is 0 Å². The summed E-state index contributed by atoms with van der Waals surface area (Å²) in [5, 5.41) is 19.0. The van der Waals surface area contributed by atoms with Gasteiger partial charge in [-0.15, -0.1) is 0 Å². The average molecular weight is 380 g/mol. The number of aromatic nitrogens is 4. The molecule has 3 aromatic rings. The van der Waals surface area contributed by atoms with Crippen LogP contribution in [0.15, 0.2) is 30.5 Å². The standard InChI is InChI=1S/C20H24N6O2/c27-16-3-1-2-14(12-16)18-23-19(25-8-10-28-11-9-25)17-13-22-26(20(17)24-18)15-4-6-21-7-5-15/h1-3,12-13,15,21,27H,4-11H2. The molecule has 1 aromatic carbocycles. The highest BCUT2D eigenvalue weighted by Crippen LogP contribution is 2.31. The van der Waals surface area contributed by atoms with Crippen LogP contribution < -0.4 is 10.2 Å². The molecule has 0 radical (unpaired) electrons. The number of morpholine rings is 1. The molecule has 2 saturated heterocycles. The Kier molecular flexibility index (Phi) is 4.58. The van der Waals surface area contributed by atoms with Gasteiger partial charge in [-0.05, 0) is 38.1 Å². The lowest BCUT2D eigenvalue weighted by molar-refractivity contribution is 0.122. The summed E-state index contributed by atoms with van der Waals surface area (Å²) < 4.78 is 7.58. The van der Waals surface area contributed by atoms with Crippen molar-refractivity contribution < 1.29 is 9.84 Å². The smallest absolute Gasteiger partial charge is 0.164 e. The van der Waals surface area contributed by atoms with E-state index in [-0.39, 0.29) is 5.75 Å². The van der Waals surface area contributed by atoms with Gasteiger partial charge in [0, 0.05) is 18.7 Å². The van der Waals surface area contributed by atoms with Crippen LogP contribution in [-0.2, 0) is 4.74 Å². The third kappa shape index (κ3) is 3.18. The first-order valence-electron chi connectivity index (χ1n) is 9.88. The van der Waals surface area contributed by atoms with Crippen LogP contribution in [0.1, 0.15) is 18.9 Å². The first-order valence-corrected chi connectivity index (χ1v) is 9.88. The Hall–Kier alpha value is -2.71. The van der Waals surface area contributed by atoms with Crippen LogP contribution in [0.3, 0.4) is 0 Å². The molecule has 0 saturated carbocycles. The van der Waals surface area contributed by atoms with Crippen molar-refractivity contribution in [1.29, 1.82) is 0 Å². The van der Waals surface area contributed by atoms with E-state index in [1.54, 1.807) is 12.1 Å². The number of phenolic OH excluding ortho intramolecular Hbond substituents is 1. The van der Waals surface area contributed by atoms with Gasteiger partial charge in [-0.25, -0.2) is 14.6 Å². The predicted molar refractivity (Wildman–Crippen MR) is 107 cm³/mol. The summed E-state index contributed by atoms with van der Waals surface area (Å²) >= 11 is 0. The van der Waals surface area contributed by atoms with E-state index in [4.69, 9.17) is 19.8 Å². The van der Waals surface area contributed by atoms with Crippen LogP contribution >= 0.6 is 0 Å². The Morgan fingerprint density at radius 2 is 1.93 bits per heavy atom. The molecule has 146 valence electrons. The number of ether oxygens (including phenoxy) is 1. The third-order valence-corrected chi connectivity index (χ3v) is 5.50. The second-order valence-electron chi connectivity index (χ2n) is 7.33. The van der Waals surface area contributed by atoms with Crippen LogP contribution in [0.2, 0.25) is 0 Å². The molecule has 2 fully saturated rings. The Morgan fingerprint density at radius 3 is 2.71 bits per heavy atom. The molecule has 2 N–H and O–H groups in total. The lowest BCUT2D eigenvalue weighted by Gasteiger charge is -2.28. The van der Waals surface area contributed by atoms with Crippen molar-refractivity contribution in [2.45, 2.75) is 18.9 Å². The highest BCUT2D eigenvalue weighted by atomic mass is 16.5. The lowest BCUT2D eigenvalue weighted by Crippen LogP contribution is -2.37. The zero-order valence-corrected chi connectivity index (χ0v) is 15.7. The molecule has 2 aliphatic heterocycles. The largest absolute Gasteiger partial charge is 0.508 e. The predicted octanol–water partition coefficient (Wildman–Crippen LogP) is 1.96. The lowest BCUT2D eigenvalue weighted by atomic mass is 10.1. The first kappa shape index (κ1) is 17.4. The molecule has 0 amide bonds. The molecular weight excluding hydrogens is 356 g/mol. The van der Waals surface area contributed by atoms with Gasteiger partial charge in [0.1, 0.15) is 11.6 Å². The zero-order chi connectivity index (χ0) is 18.9. The van der Waals surface area contributed by atoms with Crippen LogP contribution in [0.25, 0.3) is 22.4 Å². The van der Waals surface area contributed by atoms with E-state index in [9.17, 15) is 5.11 Å². The van der Waals surface area contributed by atoms with Crippen LogP contribution in [-0.4, -0.2) is 64.2 Å². The van der Waals surface area contributed by atoms with Gasteiger partial charge in [0.05, 0.1) is 30.8 Å². The molecule has 4 heterocycles. The molecule has 0 bridgehead atoms. The number of fused-ring (bicyclic) bond motifs is 1. The van der Waals surface area contributed by atoms with Gasteiger partial charge < -0.3 is 20.1 Å². The number of hydrogen-bond donors (Lipinski definition) is 2. The second-order valence-corrected chi connectivity index (χ2v) is 7.33. The number of rotatable bonds is 3. The Bertz CT molecular complexity index is 976. The van der Waals surface area contributed by atoms with Crippen LogP contribution in [0, 0.1) is 0 Å². The number of anilines is 1. The second kappa shape index (κ2) is 7.37. The van der Waals surface area contributed by atoms with Crippen LogP contribution in [0.5, 0.6) is 5.75 Å². The number of benzene rings is 1. The number of hydrogen-bond acceptors (Lipinski definition) is 7. The minimum absolute atomic E-state index is 0.209. The Balaban J connectivity index is 1.66. The normalized spacial score (nSPS) is 18.6. The summed E-state index contributed by atoms with van der Waals surface area (Å²) in [4.78, 5) is 12.0. The number of aromatic hydroxyl groups is 1. The van der Waals surface area contributed by atoms with Gasteiger partial charge in [-0.3, -0.25) is 0 Å². The van der Waals surface area contributed by atoms with Crippen molar-refractivity contribution in [3.63, 3.8) is 0 Å². The van der Waals surface area contributed by atoms with Crippen molar-refractivity contribution in [2.24, 2.45) is 0 Å². The van der Waals surface area contributed by atoms with Crippen molar-refractivity contribution >= 4 is 16.9 Å². The molecule has 0 spiro atoms. The molecule has 8 nitrogen and oxygen atoms in total. The first-order chi connectivity index (χ1) is 13.8. The maximum absolute atomic E-state index is 9.92. The zero-order valence-electron chi connectivity index (χ0n) is 15.7. The van der Waals surface area contributed by atoms with E-state index in [0.717, 1.165) is 61.4 Å². The fourth-order valence-electron chi connectivity index (χ4n) is 4.02. The van der Waals surface area contributed by atoms with Crippen molar-refractivity contribution in [3.05, 3.63) is 30.5 Å². The topological polar surface area (TPSA) is 88.3 Å². The summed E-state index contributed by atoms with van der Waals surface area (Å²) in [5.41, 5.74) is 1.66. The van der Waals surface area contributed by atoms with Gasteiger partial charge in [-0.2, -0.15) is 5.10 Å². The number of piperidine rings is 1. The van der Waals surface area contributed by atoms with Crippen molar-refractivity contribution in [3.8, 4) is 17.1 Å². The van der Waals surface area contributed by atoms with Crippen molar-refractivity contribution in [2.75, 3.05) is 44.3 Å². The monoisotopic (exact) mass is 380 g/mol. The maximum atomic E-state index is 9.92. The molecule has 8 heteroatoms. The quantitative estimate of drug-likeness (QED) is 0.718. The molecule has 0 aliphatic carbocycles. The van der Waals surface area contributed by atoms with Gasteiger partial charge in [0.15, 0.2) is 11.5 Å². The highest BCUT2D eigenvalue weighted by molar-refractivity contribution is 5.89. The van der Waals surface area contributed by atoms with Gasteiger partial charge in [0.25, 0.3) is 0 Å². The van der Waals surface area contributed by atoms with E-state index in [0.29, 0.717) is 25.1 Å². The maximum Gasteiger partial charge on any atom is 0.164 e. The van der Waals surface area contributed by atoms with Crippen molar-refractivity contribution in [1.82, 2.24) is 25.1 Å². The van der Waals surface area contributed by atoms with E-state index < -0.39 is 0 Å². The Labute approximate surface area is 163 Å². The molecule has 0 unspecified atom stereocenters. The summed E-state index contributed by atoms with van der Waals surface area (Å²) in [6.07, 6.45) is 3.97. The molecule has 0 atom stereocenters. The average Bonchev–Trinajstić information content (AvgIpc) is 3.18. The fourth-order valence-corrected chi connectivity index (χ4v) is 4.02. The number of nitrogens with zero attached hydrogens (tertiary/aromatic N) is 5. The summed E-state index contributed by atoms with van der Waals surface area (Å²) in [6, 6.07) is 7.44. The molecule has 2 aliphatic rings. The van der Waals surface area contributed by atoms with Crippen LogP contribution in [0.4, 0.5) is 5.82 Å². The third-order valence-electron chi connectivity index (χ3n) is 5.50. The van der Waals surface area contributed by atoms with Gasteiger partial charge in [0.2, 0.25) is 0 Å². The summed E-state index contributed by atoms with van der Waals surface area (Å²) in [6.45, 7) is 4.96. The van der Waals surface area contributed by atoms with Gasteiger partial charge >= 0.3 is 0 Å². The molecular formula is C20H24N6O2. The summed E-state index contributed by atoms with van der Waals surface area (Å²) in [5.74, 6) is 1.72. The number of nitrogens with one attached hydrogen (secondary N) is 1.